The lowest BCUT2D eigenvalue weighted by Gasteiger charge is -2.30. The summed E-state index contributed by atoms with van der Waals surface area (Å²) in [5.74, 6) is -0.865. The maximum Gasteiger partial charge on any atom is 0.234 e. The first kappa shape index (κ1) is 18.2. The fourth-order valence-corrected chi connectivity index (χ4v) is 3.07. The second-order valence-electron chi connectivity index (χ2n) is 5.26. The van der Waals surface area contributed by atoms with Crippen molar-refractivity contribution in [2.24, 2.45) is 0 Å². The first-order chi connectivity index (χ1) is 11.5. The molecule has 1 aromatic carbocycles. The lowest BCUT2D eigenvalue weighted by molar-refractivity contribution is -0.125. The minimum Gasteiger partial charge on any atom is -0.359 e. The van der Waals surface area contributed by atoms with Gasteiger partial charge in [0.25, 0.3) is 0 Å². The van der Waals surface area contributed by atoms with Crippen molar-refractivity contribution >= 4 is 35.2 Å². The number of hydrogen-bond acceptors (Lipinski definition) is 5. The Morgan fingerprint density at radius 1 is 1.29 bits per heavy atom. The average molecular weight is 354 g/mol. The zero-order valence-corrected chi connectivity index (χ0v) is 13.9. The molecule has 9 heteroatoms. The van der Waals surface area contributed by atoms with E-state index >= 15 is 0 Å². The van der Waals surface area contributed by atoms with Crippen LogP contribution in [-0.2, 0) is 14.4 Å². The van der Waals surface area contributed by atoms with Crippen molar-refractivity contribution in [3.05, 3.63) is 30.1 Å². The van der Waals surface area contributed by atoms with Crippen molar-refractivity contribution in [1.82, 2.24) is 16.0 Å². The molecule has 0 radical (unpaired) electrons. The third-order valence-electron chi connectivity index (χ3n) is 3.33. The highest BCUT2D eigenvalue weighted by Gasteiger charge is 2.27. The Kier molecular flexibility index (Phi) is 6.56. The molecule has 1 heterocycles. The molecule has 2 unspecified atom stereocenters. The second-order valence-corrected chi connectivity index (χ2v) is 6.35. The zero-order chi connectivity index (χ0) is 17.5. The van der Waals surface area contributed by atoms with Gasteiger partial charge in [0.1, 0.15) is 11.3 Å². The van der Waals surface area contributed by atoms with E-state index in [0.717, 1.165) is 0 Å². The summed E-state index contributed by atoms with van der Waals surface area (Å²) in [6, 6.07) is 5.19. The van der Waals surface area contributed by atoms with Crippen LogP contribution in [0.5, 0.6) is 0 Å². The number of rotatable bonds is 6. The van der Waals surface area contributed by atoms with Gasteiger partial charge in [-0.05, 0) is 24.3 Å². The van der Waals surface area contributed by atoms with E-state index in [4.69, 9.17) is 0 Å². The zero-order valence-electron chi connectivity index (χ0n) is 13.1. The van der Waals surface area contributed by atoms with Crippen LogP contribution in [0.2, 0.25) is 0 Å². The molecule has 1 fully saturated rings. The van der Waals surface area contributed by atoms with Crippen LogP contribution in [0.25, 0.3) is 0 Å². The SMILES string of the molecule is CNC(=O)CC1CC(=O)NC(SCC(=O)Nc2ccc(F)cc2)N1. The maximum absolute atomic E-state index is 12.8. The summed E-state index contributed by atoms with van der Waals surface area (Å²) in [6.07, 6.45) is 0.412. The largest absolute Gasteiger partial charge is 0.359 e. The van der Waals surface area contributed by atoms with E-state index < -0.39 is 5.50 Å². The molecule has 2 atom stereocenters. The first-order valence-electron chi connectivity index (χ1n) is 7.39. The van der Waals surface area contributed by atoms with Crippen molar-refractivity contribution in [3.8, 4) is 0 Å². The van der Waals surface area contributed by atoms with Crippen molar-refractivity contribution < 1.29 is 18.8 Å². The van der Waals surface area contributed by atoms with E-state index in [1.54, 1.807) is 0 Å². The van der Waals surface area contributed by atoms with Crippen molar-refractivity contribution in [2.75, 3.05) is 18.1 Å². The van der Waals surface area contributed by atoms with Crippen LogP contribution in [0.4, 0.5) is 10.1 Å². The van der Waals surface area contributed by atoms with Crippen LogP contribution in [0, 0.1) is 5.82 Å². The summed E-state index contributed by atoms with van der Waals surface area (Å²) >= 11 is 1.21. The molecule has 130 valence electrons. The number of carbonyl (C=O) groups excluding carboxylic acids is 3. The number of benzene rings is 1. The molecule has 7 nitrogen and oxygen atoms in total. The standard InChI is InChI=1S/C15H19FN4O3S/c1-17-12(21)6-11-7-13(22)20-15(19-11)24-8-14(23)18-10-4-2-9(16)3-5-10/h2-5,11,15,19H,6-8H2,1H3,(H,17,21)(H,18,23)(H,20,22). The van der Waals surface area contributed by atoms with E-state index in [1.165, 1.54) is 43.1 Å². The monoisotopic (exact) mass is 354 g/mol. The Labute approximate surface area is 143 Å². The molecule has 0 saturated carbocycles. The van der Waals surface area contributed by atoms with Gasteiger partial charge in [0.15, 0.2) is 0 Å². The number of hydrogen-bond donors (Lipinski definition) is 4. The van der Waals surface area contributed by atoms with Gasteiger partial charge in [0.05, 0.1) is 5.75 Å². The van der Waals surface area contributed by atoms with E-state index in [0.29, 0.717) is 5.69 Å². The minimum absolute atomic E-state index is 0.0992. The number of nitrogens with one attached hydrogen (secondary N) is 4. The molecule has 0 spiro atoms. The highest BCUT2D eigenvalue weighted by atomic mass is 32.2. The lowest BCUT2D eigenvalue weighted by atomic mass is 10.1. The molecule has 0 aliphatic carbocycles. The van der Waals surface area contributed by atoms with Gasteiger partial charge in [-0.25, -0.2) is 4.39 Å². The fourth-order valence-electron chi connectivity index (χ4n) is 2.18. The van der Waals surface area contributed by atoms with Gasteiger partial charge < -0.3 is 16.0 Å². The molecule has 1 aliphatic rings. The Morgan fingerprint density at radius 3 is 2.67 bits per heavy atom. The number of carbonyl (C=O) groups is 3. The van der Waals surface area contributed by atoms with Crippen LogP contribution in [0.1, 0.15) is 12.8 Å². The second kappa shape index (κ2) is 8.65. The maximum atomic E-state index is 12.8. The molecule has 4 N–H and O–H groups in total. The number of thioether (sulfide) groups is 1. The summed E-state index contributed by atoms with van der Waals surface area (Å²) in [5, 5.41) is 11.0. The summed E-state index contributed by atoms with van der Waals surface area (Å²) in [6.45, 7) is 0. The fraction of sp³-hybridized carbons (Fsp3) is 0.400. The molecule has 1 saturated heterocycles. The molecule has 3 amide bonds. The molecule has 2 rings (SSSR count). The molecule has 0 bridgehead atoms. The van der Waals surface area contributed by atoms with Crippen LogP contribution >= 0.6 is 11.8 Å². The van der Waals surface area contributed by atoms with Crippen LogP contribution in [0.15, 0.2) is 24.3 Å². The van der Waals surface area contributed by atoms with Gasteiger partial charge in [-0.1, -0.05) is 0 Å². The third-order valence-corrected chi connectivity index (χ3v) is 4.35. The molecule has 0 aromatic heterocycles. The van der Waals surface area contributed by atoms with Crippen LogP contribution in [0.3, 0.4) is 0 Å². The smallest absolute Gasteiger partial charge is 0.234 e. The number of amides is 3. The predicted octanol–water partition coefficient (Wildman–Crippen LogP) is 0.395. The van der Waals surface area contributed by atoms with Crippen molar-refractivity contribution in [2.45, 2.75) is 24.4 Å². The van der Waals surface area contributed by atoms with Crippen LogP contribution < -0.4 is 21.3 Å². The normalized spacial score (nSPS) is 20.2. The molecule has 1 aliphatic heterocycles. The average Bonchev–Trinajstić information content (AvgIpc) is 2.54. The Morgan fingerprint density at radius 2 is 2.00 bits per heavy atom. The van der Waals surface area contributed by atoms with Gasteiger partial charge in [-0.3, -0.25) is 19.7 Å². The highest BCUT2D eigenvalue weighted by molar-refractivity contribution is 8.00. The summed E-state index contributed by atoms with van der Waals surface area (Å²) < 4.78 is 12.8. The van der Waals surface area contributed by atoms with Crippen molar-refractivity contribution in [1.29, 1.82) is 0 Å². The topological polar surface area (TPSA) is 99.3 Å². The quantitative estimate of drug-likeness (QED) is 0.593. The van der Waals surface area contributed by atoms with Gasteiger partial charge >= 0.3 is 0 Å². The highest BCUT2D eigenvalue weighted by Crippen LogP contribution is 2.15. The van der Waals surface area contributed by atoms with E-state index in [2.05, 4.69) is 21.3 Å². The summed E-state index contributed by atoms with van der Waals surface area (Å²) in [7, 11) is 1.54. The van der Waals surface area contributed by atoms with Crippen LogP contribution in [-0.4, -0.2) is 42.1 Å². The van der Waals surface area contributed by atoms with E-state index in [-0.39, 0.29) is 48.2 Å². The Hall–Kier alpha value is -2.13. The Bertz CT molecular complexity index is 611. The Balaban J connectivity index is 1.79. The number of halogens is 1. The predicted molar refractivity (Wildman–Crippen MR) is 89.6 cm³/mol. The van der Waals surface area contributed by atoms with Gasteiger partial charge in [-0.2, -0.15) is 0 Å². The molecule has 24 heavy (non-hydrogen) atoms. The first-order valence-corrected chi connectivity index (χ1v) is 8.44. The van der Waals surface area contributed by atoms with Gasteiger partial charge in [0, 0.05) is 31.6 Å². The minimum atomic E-state index is -0.445. The van der Waals surface area contributed by atoms with Gasteiger partial charge in [-0.15, -0.1) is 11.8 Å². The summed E-state index contributed by atoms with van der Waals surface area (Å²) in [4.78, 5) is 35.0. The van der Waals surface area contributed by atoms with Crippen molar-refractivity contribution in [3.63, 3.8) is 0 Å². The van der Waals surface area contributed by atoms with E-state index in [9.17, 15) is 18.8 Å². The third kappa shape index (κ3) is 5.82. The van der Waals surface area contributed by atoms with E-state index in [1.807, 2.05) is 0 Å². The number of anilines is 1. The molecule has 1 aromatic rings. The molecular formula is C15H19FN4O3S. The summed E-state index contributed by atoms with van der Waals surface area (Å²) in [5.41, 5.74) is 0.0556. The van der Waals surface area contributed by atoms with Gasteiger partial charge in [0.2, 0.25) is 17.7 Å². The molecular weight excluding hydrogens is 335 g/mol. The lowest BCUT2D eigenvalue weighted by Crippen LogP contribution is -2.55.